The molecule has 7 heteroatoms. The number of aromatic hydroxyl groups is 1. The first kappa shape index (κ1) is 20.9. The van der Waals surface area contributed by atoms with E-state index in [0.717, 1.165) is 23.3 Å². The molecule has 1 fully saturated rings. The smallest absolute Gasteiger partial charge is 0.416 e. The first-order chi connectivity index (χ1) is 13.6. The van der Waals surface area contributed by atoms with Crippen molar-refractivity contribution in [1.29, 1.82) is 0 Å². The number of carbonyl (C=O) groups excluding carboxylic acids is 2. The molecule has 4 nitrogen and oxygen atoms in total. The lowest BCUT2D eigenvalue weighted by Gasteiger charge is -2.25. The SMILES string of the molecule is Cc1cccc(CN2C(=O)CCC2CCC(=O)c2cc(C(F)(F)F)ccc2O)c1. The highest BCUT2D eigenvalue weighted by Gasteiger charge is 2.33. The zero-order chi connectivity index (χ0) is 21.2. The summed E-state index contributed by atoms with van der Waals surface area (Å²) in [6.45, 7) is 2.40. The van der Waals surface area contributed by atoms with Crippen LogP contribution in [0.1, 0.15) is 52.7 Å². The number of benzene rings is 2. The molecule has 3 rings (SSSR count). The highest BCUT2D eigenvalue weighted by molar-refractivity contribution is 5.98. The number of carbonyl (C=O) groups is 2. The van der Waals surface area contributed by atoms with E-state index in [0.29, 0.717) is 31.9 Å². The molecule has 0 radical (unpaired) electrons. The summed E-state index contributed by atoms with van der Waals surface area (Å²) in [5.74, 6) is -1.03. The van der Waals surface area contributed by atoms with E-state index in [-0.39, 0.29) is 23.9 Å². The minimum atomic E-state index is -4.59. The Hall–Kier alpha value is -2.83. The van der Waals surface area contributed by atoms with Crippen molar-refractivity contribution in [2.45, 2.75) is 51.4 Å². The number of rotatable bonds is 6. The first-order valence-corrected chi connectivity index (χ1v) is 9.43. The molecule has 0 spiro atoms. The van der Waals surface area contributed by atoms with Crippen LogP contribution in [0.5, 0.6) is 5.75 Å². The van der Waals surface area contributed by atoms with Crippen LogP contribution in [0.25, 0.3) is 0 Å². The van der Waals surface area contributed by atoms with Gasteiger partial charge in [-0.15, -0.1) is 0 Å². The molecule has 1 saturated heterocycles. The maximum Gasteiger partial charge on any atom is 0.416 e. The summed E-state index contributed by atoms with van der Waals surface area (Å²) in [6.07, 6.45) is -3.31. The van der Waals surface area contributed by atoms with Gasteiger partial charge in [0.15, 0.2) is 5.78 Å². The van der Waals surface area contributed by atoms with E-state index in [1.165, 1.54) is 0 Å². The fourth-order valence-corrected chi connectivity index (χ4v) is 3.69. The molecule has 2 aromatic carbocycles. The van der Waals surface area contributed by atoms with Gasteiger partial charge in [0.05, 0.1) is 11.1 Å². The zero-order valence-corrected chi connectivity index (χ0v) is 16.0. The Balaban J connectivity index is 1.68. The van der Waals surface area contributed by atoms with Gasteiger partial charge in [0.2, 0.25) is 5.91 Å². The number of halogens is 3. The lowest BCUT2D eigenvalue weighted by atomic mass is 9.99. The predicted octanol–water partition coefficient (Wildman–Crippen LogP) is 4.87. The third-order valence-electron chi connectivity index (χ3n) is 5.22. The number of nitrogens with zero attached hydrogens (tertiary/aromatic N) is 1. The number of alkyl halides is 3. The molecule has 1 unspecified atom stereocenters. The Morgan fingerprint density at radius 2 is 1.97 bits per heavy atom. The molecular formula is C22H22F3NO3. The Morgan fingerprint density at radius 3 is 2.66 bits per heavy atom. The fraction of sp³-hybridized carbons (Fsp3) is 0.364. The van der Waals surface area contributed by atoms with Crippen LogP contribution in [-0.4, -0.2) is 27.7 Å². The fourth-order valence-electron chi connectivity index (χ4n) is 3.69. The monoisotopic (exact) mass is 405 g/mol. The van der Waals surface area contributed by atoms with Crippen molar-refractivity contribution >= 4 is 11.7 Å². The summed E-state index contributed by atoms with van der Waals surface area (Å²) in [7, 11) is 0. The topological polar surface area (TPSA) is 57.6 Å². The maximum absolute atomic E-state index is 12.9. The molecule has 1 atom stereocenters. The minimum Gasteiger partial charge on any atom is -0.507 e. The number of aryl methyl sites for hydroxylation is 1. The van der Waals surface area contributed by atoms with Gasteiger partial charge in [0.1, 0.15) is 5.75 Å². The van der Waals surface area contributed by atoms with Gasteiger partial charge in [-0.1, -0.05) is 29.8 Å². The lowest BCUT2D eigenvalue weighted by molar-refractivity contribution is -0.137. The zero-order valence-electron chi connectivity index (χ0n) is 16.0. The van der Waals surface area contributed by atoms with Crippen molar-refractivity contribution in [1.82, 2.24) is 4.90 Å². The first-order valence-electron chi connectivity index (χ1n) is 9.43. The summed E-state index contributed by atoms with van der Waals surface area (Å²) in [5, 5.41) is 9.83. The second-order valence-corrected chi connectivity index (χ2v) is 7.39. The number of phenolic OH excluding ortho intramolecular Hbond substituents is 1. The van der Waals surface area contributed by atoms with Gasteiger partial charge >= 0.3 is 6.18 Å². The van der Waals surface area contributed by atoms with Crippen LogP contribution in [0.2, 0.25) is 0 Å². The molecule has 0 aromatic heterocycles. The number of hydrogen-bond acceptors (Lipinski definition) is 3. The molecule has 0 aliphatic carbocycles. The molecule has 0 saturated carbocycles. The average Bonchev–Trinajstić information content (AvgIpc) is 2.99. The number of ketones is 1. The number of phenols is 1. The van der Waals surface area contributed by atoms with Gasteiger partial charge in [-0.25, -0.2) is 0 Å². The Kier molecular flexibility index (Phi) is 5.96. The highest BCUT2D eigenvalue weighted by atomic mass is 19.4. The van der Waals surface area contributed by atoms with Gasteiger partial charge in [0.25, 0.3) is 0 Å². The summed E-state index contributed by atoms with van der Waals surface area (Å²) in [5.41, 5.74) is 0.762. The molecule has 154 valence electrons. The molecule has 1 N–H and O–H groups in total. The molecule has 0 bridgehead atoms. The summed E-state index contributed by atoms with van der Waals surface area (Å²) < 4.78 is 38.7. The number of Topliss-reactive ketones (excluding diaryl/α,β-unsaturated/α-hetero) is 1. The van der Waals surface area contributed by atoms with E-state index in [2.05, 4.69) is 0 Å². The second kappa shape index (κ2) is 8.27. The quantitative estimate of drug-likeness (QED) is 0.698. The van der Waals surface area contributed by atoms with E-state index < -0.39 is 23.3 Å². The molecule has 1 amide bonds. The van der Waals surface area contributed by atoms with Crippen LogP contribution < -0.4 is 0 Å². The largest absolute Gasteiger partial charge is 0.507 e. The third-order valence-corrected chi connectivity index (χ3v) is 5.22. The molecule has 1 aliphatic heterocycles. The molecule has 1 aliphatic rings. The Bertz CT molecular complexity index is 924. The molecular weight excluding hydrogens is 383 g/mol. The van der Waals surface area contributed by atoms with Crippen LogP contribution in [0.15, 0.2) is 42.5 Å². The molecule has 29 heavy (non-hydrogen) atoms. The number of hydrogen-bond donors (Lipinski definition) is 1. The standard InChI is InChI=1S/C22H22F3NO3/c1-14-3-2-4-15(11-14)13-26-17(7-10-21(26)29)6-9-20(28)18-12-16(22(23,24)25)5-8-19(18)27/h2-5,8,11-12,17,27H,6-7,9-10,13H2,1H3. The Morgan fingerprint density at radius 1 is 1.21 bits per heavy atom. The van der Waals surface area contributed by atoms with Crippen molar-refractivity contribution in [3.63, 3.8) is 0 Å². The summed E-state index contributed by atoms with van der Waals surface area (Å²) in [6, 6.07) is 9.97. The van der Waals surface area contributed by atoms with Crippen LogP contribution >= 0.6 is 0 Å². The van der Waals surface area contributed by atoms with Gasteiger partial charge in [-0.05, 0) is 43.5 Å². The van der Waals surface area contributed by atoms with Crippen LogP contribution in [0, 0.1) is 6.92 Å². The normalized spacial score (nSPS) is 17.0. The number of amides is 1. The second-order valence-electron chi connectivity index (χ2n) is 7.39. The highest BCUT2D eigenvalue weighted by Crippen LogP contribution is 2.33. The van der Waals surface area contributed by atoms with E-state index in [4.69, 9.17) is 0 Å². The van der Waals surface area contributed by atoms with Crippen LogP contribution in [0.3, 0.4) is 0 Å². The Labute approximate surface area is 167 Å². The van der Waals surface area contributed by atoms with Crippen molar-refractivity contribution in [3.8, 4) is 5.75 Å². The van der Waals surface area contributed by atoms with E-state index in [1.54, 1.807) is 4.90 Å². The van der Waals surface area contributed by atoms with E-state index in [1.807, 2.05) is 31.2 Å². The van der Waals surface area contributed by atoms with Gasteiger partial charge in [-0.2, -0.15) is 13.2 Å². The lowest BCUT2D eigenvalue weighted by Crippen LogP contribution is -2.32. The van der Waals surface area contributed by atoms with Gasteiger partial charge in [-0.3, -0.25) is 9.59 Å². The van der Waals surface area contributed by atoms with E-state index in [9.17, 15) is 27.9 Å². The van der Waals surface area contributed by atoms with Crippen molar-refractivity contribution in [2.24, 2.45) is 0 Å². The van der Waals surface area contributed by atoms with Crippen molar-refractivity contribution in [3.05, 3.63) is 64.7 Å². The van der Waals surface area contributed by atoms with Crippen LogP contribution in [0.4, 0.5) is 13.2 Å². The van der Waals surface area contributed by atoms with Gasteiger partial charge < -0.3 is 10.0 Å². The van der Waals surface area contributed by atoms with Crippen LogP contribution in [-0.2, 0) is 17.5 Å². The van der Waals surface area contributed by atoms with Gasteiger partial charge in [0, 0.05) is 25.4 Å². The minimum absolute atomic E-state index is 0.00544. The predicted molar refractivity (Wildman–Crippen MR) is 101 cm³/mol. The summed E-state index contributed by atoms with van der Waals surface area (Å²) in [4.78, 5) is 26.5. The summed E-state index contributed by atoms with van der Waals surface area (Å²) >= 11 is 0. The third kappa shape index (κ3) is 4.96. The number of likely N-dealkylation sites (tertiary alicyclic amines) is 1. The van der Waals surface area contributed by atoms with Crippen molar-refractivity contribution in [2.75, 3.05) is 0 Å². The van der Waals surface area contributed by atoms with Crippen molar-refractivity contribution < 1.29 is 27.9 Å². The maximum atomic E-state index is 12.9. The molecule has 1 heterocycles. The molecule has 2 aromatic rings. The van der Waals surface area contributed by atoms with E-state index >= 15 is 0 Å². The average molecular weight is 405 g/mol.